The van der Waals surface area contributed by atoms with E-state index in [1.54, 1.807) is 0 Å². The Morgan fingerprint density at radius 1 is 1.13 bits per heavy atom. The summed E-state index contributed by atoms with van der Waals surface area (Å²) in [5, 5.41) is 0. The van der Waals surface area contributed by atoms with Crippen molar-refractivity contribution in [3.8, 4) is 11.8 Å². The van der Waals surface area contributed by atoms with Gasteiger partial charge in [0.2, 0.25) is 0 Å². The van der Waals surface area contributed by atoms with E-state index >= 15 is 0 Å². The number of carbonyl (C=O) groups excluding carboxylic acids is 2. The topological polar surface area (TPSA) is 78.6 Å². The molecule has 10 atom stereocenters. The second kappa shape index (κ2) is 11.7. The highest BCUT2D eigenvalue weighted by atomic mass is 16.6. The largest absolute Gasteiger partial charge is 0.449 e. The number of hydrogen-bond donors (Lipinski definition) is 1. The molecule has 1 aromatic rings. The Kier molecular flexibility index (Phi) is 7.67. The summed E-state index contributed by atoms with van der Waals surface area (Å²) in [6.45, 7) is 5.00. The lowest BCUT2D eigenvalue weighted by Crippen LogP contribution is -2.75. The number of carbonyl (C=O) groups is 2. The summed E-state index contributed by atoms with van der Waals surface area (Å²) in [6.07, 6.45) is 26.3. The number of ether oxygens (including phenoxy) is 2. The zero-order valence-corrected chi connectivity index (χ0v) is 28.0. The van der Waals surface area contributed by atoms with Gasteiger partial charge in [0.25, 0.3) is 0 Å². The van der Waals surface area contributed by atoms with Crippen LogP contribution in [0.1, 0.15) is 99.5 Å². The van der Waals surface area contributed by atoms with Gasteiger partial charge in [-0.15, -0.1) is 5.92 Å². The van der Waals surface area contributed by atoms with Gasteiger partial charge in [-0.3, -0.25) is 4.79 Å². The molecule has 5 nitrogen and oxygen atoms in total. The highest BCUT2D eigenvalue weighted by Crippen LogP contribution is 2.84. The Hall–Kier alpha value is -3.36. The number of hydrogen-bond acceptors (Lipinski definition) is 5. The average Bonchev–Trinajstić information content (AvgIpc) is 3.54. The van der Waals surface area contributed by atoms with Crippen LogP contribution in [0.25, 0.3) is 0 Å². The van der Waals surface area contributed by atoms with Crippen molar-refractivity contribution in [1.82, 2.24) is 0 Å². The van der Waals surface area contributed by atoms with Crippen LogP contribution in [0.5, 0.6) is 0 Å². The number of rotatable bonds is 8. The summed E-state index contributed by atoms with van der Waals surface area (Å²) in [7, 11) is 0. The molecule has 0 radical (unpaired) electrons. The van der Waals surface area contributed by atoms with E-state index in [-0.39, 0.29) is 23.8 Å². The number of esters is 2. The molecule has 2 N–H and O–H groups in total. The lowest BCUT2D eigenvalue weighted by atomic mass is 9.31. The number of fused-ring (bicyclic) bond motifs is 4. The van der Waals surface area contributed by atoms with E-state index < -0.39 is 16.4 Å². The highest BCUT2D eigenvalue weighted by molar-refractivity contribution is 5.99. The van der Waals surface area contributed by atoms with Crippen LogP contribution in [0.4, 0.5) is 0 Å². The van der Waals surface area contributed by atoms with Crippen molar-refractivity contribution in [2.75, 3.05) is 6.54 Å². The monoisotopic (exact) mass is 631 g/mol. The molecule has 3 fully saturated rings. The maximum Gasteiger partial charge on any atom is 0.339 e. The fraction of sp³-hybridized carbons (Fsp3) is 0.571. The van der Waals surface area contributed by atoms with E-state index in [2.05, 4.69) is 80.4 Å². The maximum absolute atomic E-state index is 14.4. The second-order valence-electron chi connectivity index (χ2n) is 15.6. The van der Waals surface area contributed by atoms with Crippen molar-refractivity contribution in [2.24, 2.45) is 58.0 Å². The number of nitrogens with two attached hydrogens (primary N) is 1. The molecule has 2 bridgehead atoms. The van der Waals surface area contributed by atoms with Gasteiger partial charge in [-0.1, -0.05) is 87.3 Å². The van der Waals surface area contributed by atoms with Gasteiger partial charge in [-0.05, 0) is 99.1 Å². The zero-order valence-electron chi connectivity index (χ0n) is 28.0. The Morgan fingerprint density at radius 2 is 2.00 bits per heavy atom. The molecule has 1 aromatic carbocycles. The molecule has 7 aliphatic rings. The standard InChI is InChI=1S/C42H49NO4/c1-3-27(2)24-35-40-22-21-29-11-6-10-28(25-32-15-7-13-30-12-4-5-17-33(30)32)19-20-36(46-39(40)45)41(40,26-29)42(35)34-18-8-14-31(16-9-23-43)37(34)38(44)47-42/h4-5,8,12,14,17-18,20-22,27-30,32-33,35H,3,7,9-10,13,15-16,19,23-26,43H2,1-2H3. The SMILES string of the molecule is CCC(C)CC1C23C=CC4C#CCC(CC5CCCC6C=CC=CC65)CC=C(OC2=O)C3(C4)C12OC(=O)c1c(CCCN)cccc12. The highest BCUT2D eigenvalue weighted by Gasteiger charge is 2.91. The minimum atomic E-state index is -0.977. The molecule has 8 rings (SSSR count). The third-order valence-electron chi connectivity index (χ3n) is 13.4. The Balaban J connectivity index is 1.24. The van der Waals surface area contributed by atoms with Crippen molar-refractivity contribution >= 4 is 11.9 Å². The van der Waals surface area contributed by atoms with Gasteiger partial charge < -0.3 is 15.2 Å². The van der Waals surface area contributed by atoms with E-state index in [1.165, 1.54) is 19.3 Å². The Morgan fingerprint density at radius 3 is 2.85 bits per heavy atom. The first kappa shape index (κ1) is 30.9. The van der Waals surface area contributed by atoms with Crippen LogP contribution in [0.15, 0.2) is 66.5 Å². The lowest BCUT2D eigenvalue weighted by Gasteiger charge is -2.69. The van der Waals surface area contributed by atoms with E-state index in [4.69, 9.17) is 15.2 Å². The molecule has 5 aliphatic carbocycles. The maximum atomic E-state index is 14.4. The minimum absolute atomic E-state index is 0.0464. The van der Waals surface area contributed by atoms with Gasteiger partial charge in [0.1, 0.15) is 11.2 Å². The molecular formula is C42H49NO4. The lowest BCUT2D eigenvalue weighted by molar-refractivity contribution is -0.275. The molecule has 5 heteroatoms. The van der Waals surface area contributed by atoms with E-state index in [0.29, 0.717) is 48.1 Å². The predicted molar refractivity (Wildman–Crippen MR) is 182 cm³/mol. The van der Waals surface area contributed by atoms with Crippen LogP contribution in [0, 0.1) is 64.1 Å². The molecule has 0 amide bonds. The predicted octanol–water partition coefficient (Wildman–Crippen LogP) is 7.96. The van der Waals surface area contributed by atoms with Gasteiger partial charge in [0.15, 0.2) is 5.60 Å². The van der Waals surface area contributed by atoms with Crippen LogP contribution in [-0.2, 0) is 26.3 Å². The molecule has 1 saturated heterocycles. The van der Waals surface area contributed by atoms with E-state index in [0.717, 1.165) is 61.8 Å². The van der Waals surface area contributed by atoms with Crippen LogP contribution < -0.4 is 5.73 Å². The quantitative estimate of drug-likeness (QED) is 0.179. The summed E-state index contributed by atoms with van der Waals surface area (Å²) >= 11 is 0. The van der Waals surface area contributed by atoms with Crippen LogP contribution in [0.2, 0.25) is 0 Å². The molecule has 0 aromatic heterocycles. The van der Waals surface area contributed by atoms with Gasteiger partial charge >= 0.3 is 11.9 Å². The molecule has 47 heavy (non-hydrogen) atoms. The van der Waals surface area contributed by atoms with Crippen LogP contribution >= 0.6 is 0 Å². The smallest absolute Gasteiger partial charge is 0.339 e. The summed E-state index contributed by atoms with van der Waals surface area (Å²) in [5.41, 5.74) is 5.85. The van der Waals surface area contributed by atoms with E-state index in [1.807, 2.05) is 6.07 Å². The van der Waals surface area contributed by atoms with Gasteiger partial charge in [0, 0.05) is 23.8 Å². The molecule has 2 saturated carbocycles. The second-order valence-corrected chi connectivity index (χ2v) is 15.6. The fourth-order valence-corrected chi connectivity index (χ4v) is 11.1. The molecule has 2 aliphatic heterocycles. The third kappa shape index (κ3) is 4.26. The van der Waals surface area contributed by atoms with Crippen LogP contribution in [-0.4, -0.2) is 18.5 Å². The number of allylic oxidation sites excluding steroid dienone is 6. The van der Waals surface area contributed by atoms with Gasteiger partial charge in [-0.25, -0.2) is 4.79 Å². The minimum Gasteiger partial charge on any atom is -0.449 e. The molecular weight excluding hydrogens is 582 g/mol. The molecule has 246 valence electrons. The number of aryl methyl sites for hydroxylation is 1. The average molecular weight is 632 g/mol. The van der Waals surface area contributed by atoms with Crippen molar-refractivity contribution < 1.29 is 19.1 Å². The first-order chi connectivity index (χ1) is 22.9. The fourth-order valence-electron chi connectivity index (χ4n) is 11.1. The Labute approximate surface area is 280 Å². The van der Waals surface area contributed by atoms with Crippen molar-refractivity contribution in [3.05, 3.63) is 83.2 Å². The third-order valence-corrected chi connectivity index (χ3v) is 13.4. The summed E-state index contributed by atoms with van der Waals surface area (Å²) in [5.74, 6) is 9.88. The van der Waals surface area contributed by atoms with Crippen molar-refractivity contribution in [3.63, 3.8) is 0 Å². The summed E-state index contributed by atoms with van der Waals surface area (Å²) < 4.78 is 13.3. The Bertz CT molecular complexity index is 1660. The first-order valence-electron chi connectivity index (χ1n) is 18.4. The normalized spacial score (nSPS) is 39.4. The first-order valence-corrected chi connectivity index (χ1v) is 18.4. The molecule has 10 unspecified atom stereocenters. The van der Waals surface area contributed by atoms with Crippen LogP contribution in [0.3, 0.4) is 0 Å². The van der Waals surface area contributed by atoms with E-state index in [9.17, 15) is 9.59 Å². The van der Waals surface area contributed by atoms with Crippen molar-refractivity contribution in [1.29, 1.82) is 0 Å². The number of benzene rings is 1. The molecule has 2 heterocycles. The molecule has 2 spiro atoms. The van der Waals surface area contributed by atoms with Crippen molar-refractivity contribution in [2.45, 2.75) is 90.1 Å². The summed E-state index contributed by atoms with van der Waals surface area (Å²) in [6, 6.07) is 6.20. The summed E-state index contributed by atoms with van der Waals surface area (Å²) in [4.78, 5) is 28.5. The zero-order chi connectivity index (χ0) is 32.4. The van der Waals surface area contributed by atoms with Gasteiger partial charge in [0.05, 0.1) is 11.0 Å². The van der Waals surface area contributed by atoms with Gasteiger partial charge in [-0.2, -0.15) is 0 Å².